The van der Waals surface area contributed by atoms with E-state index in [0.717, 1.165) is 5.69 Å². The van der Waals surface area contributed by atoms with E-state index in [4.69, 9.17) is 4.42 Å². The summed E-state index contributed by atoms with van der Waals surface area (Å²) in [5, 5.41) is 0. The zero-order chi connectivity index (χ0) is 15.7. The molecule has 1 aromatic heterocycles. The molecule has 2 heterocycles. The van der Waals surface area contributed by atoms with E-state index in [9.17, 15) is 12.8 Å². The Morgan fingerprint density at radius 2 is 2.09 bits per heavy atom. The predicted molar refractivity (Wildman–Crippen MR) is 80.4 cm³/mol. The van der Waals surface area contributed by atoms with Crippen LogP contribution in [0.25, 0.3) is 11.5 Å². The smallest absolute Gasteiger partial charge is 0.226 e. The van der Waals surface area contributed by atoms with Crippen LogP contribution in [-0.2, 0) is 16.4 Å². The second kappa shape index (κ2) is 5.81. The highest BCUT2D eigenvalue weighted by Crippen LogP contribution is 2.21. The summed E-state index contributed by atoms with van der Waals surface area (Å²) in [7, 11) is -1.01. The Kier molecular flexibility index (Phi) is 4.01. The quantitative estimate of drug-likeness (QED) is 0.862. The Bertz CT molecular complexity index is 755. The van der Waals surface area contributed by atoms with Gasteiger partial charge in [0.25, 0.3) is 0 Å². The Morgan fingerprint density at radius 3 is 2.73 bits per heavy atom. The van der Waals surface area contributed by atoms with Crippen molar-refractivity contribution in [1.82, 2.24) is 9.88 Å². The van der Waals surface area contributed by atoms with Crippen molar-refractivity contribution in [2.75, 3.05) is 18.6 Å². The molecule has 0 unspecified atom stereocenters. The van der Waals surface area contributed by atoms with Crippen LogP contribution >= 0.6 is 0 Å². The number of rotatable bonds is 4. The number of oxazole rings is 1. The molecule has 7 heteroatoms. The number of benzene rings is 1. The molecular weight excluding hydrogens is 307 g/mol. The van der Waals surface area contributed by atoms with Crippen molar-refractivity contribution >= 4 is 9.84 Å². The van der Waals surface area contributed by atoms with Gasteiger partial charge in [-0.3, -0.25) is 4.90 Å². The maximum atomic E-state index is 12.9. The van der Waals surface area contributed by atoms with Crippen LogP contribution in [0.15, 0.2) is 34.9 Å². The molecular formula is C15H17FN2O3S. The van der Waals surface area contributed by atoms with Crippen molar-refractivity contribution in [2.45, 2.75) is 19.0 Å². The third kappa shape index (κ3) is 3.36. The van der Waals surface area contributed by atoms with Crippen molar-refractivity contribution in [3.63, 3.8) is 0 Å². The van der Waals surface area contributed by atoms with Crippen LogP contribution in [0.4, 0.5) is 4.39 Å². The predicted octanol–water partition coefficient (Wildman–Crippen LogP) is 2.10. The number of sulfone groups is 1. The molecule has 0 saturated carbocycles. The molecule has 0 aliphatic carbocycles. The molecule has 0 amide bonds. The monoisotopic (exact) mass is 324 g/mol. The van der Waals surface area contributed by atoms with Gasteiger partial charge in [-0.15, -0.1) is 0 Å². The number of hydrogen-bond donors (Lipinski definition) is 0. The third-order valence-electron chi connectivity index (χ3n) is 3.89. The van der Waals surface area contributed by atoms with Gasteiger partial charge in [-0.25, -0.2) is 17.8 Å². The summed E-state index contributed by atoms with van der Waals surface area (Å²) in [4.78, 5) is 6.36. The largest absolute Gasteiger partial charge is 0.444 e. The summed E-state index contributed by atoms with van der Waals surface area (Å²) >= 11 is 0. The molecule has 22 heavy (non-hydrogen) atoms. The number of halogens is 1. The first kappa shape index (κ1) is 15.2. The normalized spacial score (nSPS) is 20.6. The molecule has 1 aliphatic heterocycles. The molecule has 0 radical (unpaired) electrons. The van der Waals surface area contributed by atoms with Gasteiger partial charge in [0.15, 0.2) is 9.84 Å². The minimum Gasteiger partial charge on any atom is -0.444 e. The number of aromatic nitrogens is 1. The topological polar surface area (TPSA) is 63.4 Å². The zero-order valence-electron chi connectivity index (χ0n) is 12.2. The van der Waals surface area contributed by atoms with Crippen LogP contribution in [0.3, 0.4) is 0 Å². The minimum atomic E-state index is -2.90. The van der Waals surface area contributed by atoms with Crippen LogP contribution in [0.5, 0.6) is 0 Å². The van der Waals surface area contributed by atoms with Crippen molar-refractivity contribution < 1.29 is 17.2 Å². The van der Waals surface area contributed by atoms with Gasteiger partial charge in [0.05, 0.1) is 17.2 Å². The number of nitrogens with zero attached hydrogens (tertiary/aromatic N) is 2. The Labute approximate surface area is 128 Å². The molecule has 2 aromatic rings. The summed E-state index contributed by atoms with van der Waals surface area (Å²) in [6.07, 6.45) is 2.21. The average Bonchev–Trinajstić information content (AvgIpc) is 3.06. The SMILES string of the molecule is CN(Cc1coc(-c2ccc(F)cc2)n1)[C@@H]1CCS(=O)(=O)C1. The van der Waals surface area contributed by atoms with Gasteiger partial charge in [-0.2, -0.15) is 0 Å². The summed E-state index contributed by atoms with van der Waals surface area (Å²) in [6, 6.07) is 5.95. The molecule has 0 spiro atoms. The van der Waals surface area contributed by atoms with E-state index in [0.29, 0.717) is 24.4 Å². The summed E-state index contributed by atoms with van der Waals surface area (Å²) in [5.74, 6) is 0.577. The molecule has 118 valence electrons. The lowest BCUT2D eigenvalue weighted by Gasteiger charge is -2.21. The van der Waals surface area contributed by atoms with Gasteiger partial charge < -0.3 is 4.42 Å². The molecule has 1 atom stereocenters. The maximum absolute atomic E-state index is 12.9. The van der Waals surface area contributed by atoms with Crippen LogP contribution in [0.1, 0.15) is 12.1 Å². The fourth-order valence-corrected chi connectivity index (χ4v) is 4.42. The summed E-state index contributed by atoms with van der Waals surface area (Å²) in [6.45, 7) is 0.519. The lowest BCUT2D eigenvalue weighted by Crippen LogP contribution is -2.32. The highest BCUT2D eigenvalue weighted by Gasteiger charge is 2.30. The lowest BCUT2D eigenvalue weighted by atomic mass is 10.2. The average molecular weight is 324 g/mol. The van der Waals surface area contributed by atoms with Gasteiger partial charge in [-0.05, 0) is 37.7 Å². The van der Waals surface area contributed by atoms with Crippen molar-refractivity contribution in [3.05, 3.63) is 42.0 Å². The van der Waals surface area contributed by atoms with Crippen LogP contribution in [0, 0.1) is 5.82 Å². The zero-order valence-corrected chi connectivity index (χ0v) is 13.0. The molecule has 0 N–H and O–H groups in total. The second-order valence-corrected chi connectivity index (χ2v) is 7.85. The Hall–Kier alpha value is -1.73. The summed E-state index contributed by atoms with van der Waals surface area (Å²) < 4.78 is 41.4. The third-order valence-corrected chi connectivity index (χ3v) is 5.64. The fraction of sp³-hybridized carbons (Fsp3) is 0.400. The summed E-state index contributed by atoms with van der Waals surface area (Å²) in [5.41, 5.74) is 1.44. The van der Waals surface area contributed by atoms with Gasteiger partial charge in [0, 0.05) is 18.2 Å². The lowest BCUT2D eigenvalue weighted by molar-refractivity contribution is 0.251. The van der Waals surface area contributed by atoms with E-state index in [-0.39, 0.29) is 23.4 Å². The van der Waals surface area contributed by atoms with E-state index in [1.54, 1.807) is 18.4 Å². The van der Waals surface area contributed by atoms with E-state index in [1.165, 1.54) is 12.1 Å². The first-order chi connectivity index (χ1) is 10.4. The maximum Gasteiger partial charge on any atom is 0.226 e. The van der Waals surface area contributed by atoms with Crippen LogP contribution in [-0.4, -0.2) is 42.9 Å². The van der Waals surface area contributed by atoms with Gasteiger partial charge in [0.2, 0.25) is 5.89 Å². The molecule has 3 rings (SSSR count). The number of hydrogen-bond acceptors (Lipinski definition) is 5. The Balaban J connectivity index is 1.68. The molecule has 1 fully saturated rings. The van der Waals surface area contributed by atoms with Gasteiger partial charge in [-0.1, -0.05) is 0 Å². The fourth-order valence-electron chi connectivity index (χ4n) is 2.61. The van der Waals surface area contributed by atoms with Crippen molar-refractivity contribution in [1.29, 1.82) is 0 Å². The highest BCUT2D eigenvalue weighted by atomic mass is 32.2. The highest BCUT2D eigenvalue weighted by molar-refractivity contribution is 7.91. The van der Waals surface area contributed by atoms with Gasteiger partial charge in [0.1, 0.15) is 12.1 Å². The molecule has 5 nitrogen and oxygen atoms in total. The first-order valence-electron chi connectivity index (χ1n) is 7.04. The van der Waals surface area contributed by atoms with Crippen LogP contribution in [0.2, 0.25) is 0 Å². The standard InChI is InChI=1S/C15H17FN2O3S/c1-18(14-6-7-22(19,20)10-14)8-13-9-21-15(17-13)11-2-4-12(16)5-3-11/h2-5,9,14H,6-8,10H2,1H3/t14-/m1/s1. The van der Waals surface area contributed by atoms with E-state index < -0.39 is 9.84 Å². The minimum absolute atomic E-state index is 0.0240. The molecule has 1 saturated heterocycles. The van der Waals surface area contributed by atoms with E-state index >= 15 is 0 Å². The van der Waals surface area contributed by atoms with Crippen LogP contribution < -0.4 is 0 Å². The van der Waals surface area contributed by atoms with Crippen molar-refractivity contribution in [3.8, 4) is 11.5 Å². The molecule has 0 bridgehead atoms. The molecule has 1 aliphatic rings. The second-order valence-electron chi connectivity index (χ2n) is 5.62. The van der Waals surface area contributed by atoms with Crippen molar-refractivity contribution in [2.24, 2.45) is 0 Å². The van der Waals surface area contributed by atoms with E-state index in [2.05, 4.69) is 4.98 Å². The van der Waals surface area contributed by atoms with E-state index in [1.807, 2.05) is 11.9 Å². The Morgan fingerprint density at radius 1 is 1.36 bits per heavy atom. The van der Waals surface area contributed by atoms with Gasteiger partial charge >= 0.3 is 0 Å². The first-order valence-corrected chi connectivity index (χ1v) is 8.86. The molecule has 1 aromatic carbocycles.